The third-order valence-corrected chi connectivity index (χ3v) is 13.6. The summed E-state index contributed by atoms with van der Waals surface area (Å²) in [4.78, 5) is 5.56. The molecular weight excluding hydrogens is 765 g/mol. The third-order valence-electron chi connectivity index (χ3n) is 13.6. The van der Waals surface area contributed by atoms with Gasteiger partial charge in [0.15, 0.2) is 0 Å². The van der Waals surface area contributed by atoms with Crippen molar-refractivity contribution in [3.05, 3.63) is 210 Å². The maximum Gasteiger partial charge on any atom is 0.0716 e. The van der Waals surface area contributed by atoms with Gasteiger partial charge in [-0.15, -0.1) is 0 Å². The van der Waals surface area contributed by atoms with Gasteiger partial charge in [-0.25, -0.2) is 4.98 Å². The minimum Gasteiger partial charge on any atom is -0.313 e. The first kappa shape index (κ1) is 36.0. The van der Waals surface area contributed by atoms with Crippen molar-refractivity contribution in [2.75, 3.05) is 0 Å². The van der Waals surface area contributed by atoms with Gasteiger partial charge in [0.25, 0.3) is 0 Å². The Hall–Kier alpha value is -7.69. The van der Waals surface area contributed by atoms with Crippen molar-refractivity contribution in [1.29, 1.82) is 0 Å². The molecule has 0 fully saturated rings. The van der Waals surface area contributed by atoms with Gasteiger partial charge < -0.3 is 13.7 Å². The Labute approximate surface area is 367 Å². The Bertz CT molecular complexity index is 3420. The number of fused-ring (bicyclic) bond motifs is 9. The van der Waals surface area contributed by atoms with Crippen LogP contribution in [0.1, 0.15) is 53.0 Å². The van der Waals surface area contributed by atoms with Gasteiger partial charge in [-0.1, -0.05) is 121 Å². The van der Waals surface area contributed by atoms with Gasteiger partial charge >= 0.3 is 0 Å². The molecule has 4 heterocycles. The van der Waals surface area contributed by atoms with Crippen LogP contribution in [-0.2, 0) is 19.3 Å². The SMILES string of the molecule is C1=Cc2c(c3ccccc3n2-c2cccc(-c3cc(-c4cccc(-n5c6c(c7ccccc75)C=CCC6)c4)cc(-c4cccc(-n5c6c(c7ccccc75)C=CCC6)c4)n3)c2)CC1. The largest absolute Gasteiger partial charge is 0.313 e. The molecule has 300 valence electrons. The highest BCUT2D eigenvalue weighted by atomic mass is 15.0. The van der Waals surface area contributed by atoms with Gasteiger partial charge in [0.1, 0.15) is 0 Å². The van der Waals surface area contributed by atoms with Crippen LogP contribution >= 0.6 is 0 Å². The van der Waals surface area contributed by atoms with E-state index in [2.05, 4.69) is 208 Å². The lowest BCUT2D eigenvalue weighted by Crippen LogP contribution is -2.03. The summed E-state index contributed by atoms with van der Waals surface area (Å²) >= 11 is 0. The highest BCUT2D eigenvalue weighted by Gasteiger charge is 2.22. The van der Waals surface area contributed by atoms with Gasteiger partial charge in [-0.05, 0) is 128 Å². The molecule has 6 aromatic carbocycles. The van der Waals surface area contributed by atoms with Crippen molar-refractivity contribution >= 4 is 50.9 Å². The van der Waals surface area contributed by atoms with E-state index >= 15 is 0 Å². The molecule has 0 amide bonds. The average molecular weight is 809 g/mol. The van der Waals surface area contributed by atoms with Crippen molar-refractivity contribution in [2.24, 2.45) is 0 Å². The second-order valence-corrected chi connectivity index (χ2v) is 17.2. The van der Waals surface area contributed by atoms with Crippen LogP contribution in [0.25, 0.3) is 102 Å². The minimum atomic E-state index is 0.948. The Balaban J connectivity index is 0.998. The van der Waals surface area contributed by atoms with E-state index in [0.717, 1.165) is 83.5 Å². The van der Waals surface area contributed by atoms with Crippen LogP contribution in [0.4, 0.5) is 0 Å². The molecule has 10 aromatic rings. The molecule has 0 radical (unpaired) electrons. The fraction of sp³-hybridized carbons (Fsp3) is 0.102. The van der Waals surface area contributed by atoms with Crippen LogP contribution in [0.2, 0.25) is 0 Å². The summed E-state index contributed by atoms with van der Waals surface area (Å²) in [6.45, 7) is 0. The number of rotatable bonds is 6. The summed E-state index contributed by atoms with van der Waals surface area (Å²) in [5, 5.41) is 3.95. The predicted molar refractivity (Wildman–Crippen MR) is 263 cm³/mol. The molecule has 0 N–H and O–H groups in total. The highest BCUT2D eigenvalue weighted by Crippen LogP contribution is 2.40. The van der Waals surface area contributed by atoms with Crippen LogP contribution in [0.3, 0.4) is 0 Å². The summed E-state index contributed by atoms with van der Waals surface area (Å²) < 4.78 is 7.40. The fourth-order valence-corrected chi connectivity index (χ4v) is 10.8. The molecule has 3 aliphatic rings. The lowest BCUT2D eigenvalue weighted by atomic mass is 9.98. The summed E-state index contributed by atoms with van der Waals surface area (Å²) in [6, 6.07) is 58.2. The molecule has 4 aromatic heterocycles. The number of para-hydroxylation sites is 3. The molecule has 3 aliphatic carbocycles. The van der Waals surface area contributed by atoms with Gasteiger partial charge in [0, 0.05) is 72.6 Å². The quantitative estimate of drug-likeness (QED) is 0.164. The zero-order chi connectivity index (χ0) is 41.4. The predicted octanol–water partition coefficient (Wildman–Crippen LogP) is 14.8. The Morgan fingerprint density at radius 2 is 0.825 bits per heavy atom. The lowest BCUT2D eigenvalue weighted by Gasteiger charge is -2.17. The molecular formula is C59H44N4. The first-order valence-electron chi connectivity index (χ1n) is 22.5. The lowest BCUT2D eigenvalue weighted by molar-refractivity contribution is 0.888. The van der Waals surface area contributed by atoms with Crippen molar-refractivity contribution in [3.8, 4) is 50.7 Å². The number of aryl methyl sites for hydroxylation is 1. The fourth-order valence-electron chi connectivity index (χ4n) is 10.8. The molecule has 4 nitrogen and oxygen atoms in total. The van der Waals surface area contributed by atoms with Crippen molar-refractivity contribution in [1.82, 2.24) is 18.7 Å². The van der Waals surface area contributed by atoms with E-state index in [1.54, 1.807) is 0 Å². The molecule has 0 unspecified atom stereocenters. The first-order valence-corrected chi connectivity index (χ1v) is 22.5. The molecule has 0 atom stereocenters. The van der Waals surface area contributed by atoms with Gasteiger partial charge in [-0.2, -0.15) is 0 Å². The van der Waals surface area contributed by atoms with Gasteiger partial charge in [0.2, 0.25) is 0 Å². The second kappa shape index (κ2) is 14.5. The zero-order valence-corrected chi connectivity index (χ0v) is 35.0. The van der Waals surface area contributed by atoms with Crippen LogP contribution in [0, 0.1) is 0 Å². The average Bonchev–Trinajstić information content (AvgIpc) is 4.00. The van der Waals surface area contributed by atoms with E-state index in [4.69, 9.17) is 4.98 Å². The Morgan fingerprint density at radius 3 is 1.41 bits per heavy atom. The number of nitrogens with zero attached hydrogens (tertiary/aromatic N) is 4. The first-order chi connectivity index (χ1) is 31.2. The molecule has 0 saturated carbocycles. The van der Waals surface area contributed by atoms with E-state index in [-0.39, 0.29) is 0 Å². The number of hydrogen-bond donors (Lipinski definition) is 0. The second-order valence-electron chi connectivity index (χ2n) is 17.2. The molecule has 0 aliphatic heterocycles. The Kier molecular flexibility index (Phi) is 8.27. The van der Waals surface area contributed by atoms with Crippen molar-refractivity contribution in [2.45, 2.75) is 38.5 Å². The standard InChI is InChI=1S/C59H44N4/c1-7-28-54-46(22-1)47-23-2-8-29-55(47)61(54)43-19-13-16-39(34-43)42-37-52(40-17-14-20-44(35-40)62-56-30-9-3-24-48(56)49-25-4-10-31-57(49)62)60-53(38-42)41-18-15-21-45(36-41)63-58-32-11-5-26-50(58)51-27-6-12-33-59(51)63/h1-5,7,9,11-26,28,30,32-38H,6,8,10,27,29,31H2. The van der Waals surface area contributed by atoms with Crippen LogP contribution < -0.4 is 0 Å². The van der Waals surface area contributed by atoms with Gasteiger partial charge in [0.05, 0.1) is 27.9 Å². The third kappa shape index (κ3) is 5.78. The molecule has 0 saturated heterocycles. The summed E-state index contributed by atoms with van der Waals surface area (Å²) in [7, 11) is 0. The number of aromatic nitrogens is 4. The smallest absolute Gasteiger partial charge is 0.0716 e. The Morgan fingerprint density at radius 1 is 0.365 bits per heavy atom. The number of benzene rings is 6. The summed E-state index contributed by atoms with van der Waals surface area (Å²) in [6.07, 6.45) is 20.1. The maximum atomic E-state index is 5.56. The normalized spacial score (nSPS) is 14.1. The monoisotopic (exact) mass is 808 g/mol. The topological polar surface area (TPSA) is 27.7 Å². The van der Waals surface area contributed by atoms with Crippen molar-refractivity contribution < 1.29 is 0 Å². The van der Waals surface area contributed by atoms with E-state index in [9.17, 15) is 0 Å². The van der Waals surface area contributed by atoms with E-state index in [1.807, 2.05) is 0 Å². The minimum absolute atomic E-state index is 0.948. The summed E-state index contributed by atoms with van der Waals surface area (Å²) in [5.74, 6) is 0. The van der Waals surface area contributed by atoms with E-state index in [0.29, 0.717) is 0 Å². The molecule has 0 spiro atoms. The van der Waals surface area contributed by atoms with Crippen LogP contribution in [0.5, 0.6) is 0 Å². The molecule has 13 rings (SSSR count). The van der Waals surface area contributed by atoms with E-state index < -0.39 is 0 Å². The number of pyridine rings is 1. The number of hydrogen-bond acceptors (Lipinski definition) is 1. The molecule has 0 bridgehead atoms. The number of allylic oxidation sites excluding steroid dienone is 3. The summed E-state index contributed by atoms with van der Waals surface area (Å²) in [5.41, 5.74) is 21.7. The maximum absolute atomic E-state index is 5.56. The van der Waals surface area contributed by atoms with Crippen molar-refractivity contribution in [3.63, 3.8) is 0 Å². The highest BCUT2D eigenvalue weighted by molar-refractivity contribution is 5.95. The zero-order valence-electron chi connectivity index (χ0n) is 35.0. The van der Waals surface area contributed by atoms with E-state index in [1.165, 1.54) is 72.2 Å². The van der Waals surface area contributed by atoms with Crippen LogP contribution in [-0.4, -0.2) is 18.7 Å². The van der Waals surface area contributed by atoms with Gasteiger partial charge in [-0.3, -0.25) is 0 Å². The molecule has 63 heavy (non-hydrogen) atoms. The molecule has 4 heteroatoms. The van der Waals surface area contributed by atoms with Crippen LogP contribution in [0.15, 0.2) is 176 Å².